The van der Waals surface area contributed by atoms with Crippen molar-refractivity contribution in [3.8, 4) is 0 Å². The van der Waals surface area contributed by atoms with E-state index in [1.54, 1.807) is 6.08 Å². The maximum Gasteiger partial charge on any atom is 0.294 e. The number of hydrogen-bond donors (Lipinski definition) is 0. The van der Waals surface area contributed by atoms with Gasteiger partial charge in [-0.2, -0.15) is 0 Å². The molecule has 29 heavy (non-hydrogen) atoms. The third-order valence-corrected chi connectivity index (χ3v) is 6.28. The number of benzene rings is 2. The second kappa shape index (κ2) is 8.61. The Bertz CT molecular complexity index is 953. The van der Waals surface area contributed by atoms with Crippen molar-refractivity contribution < 1.29 is 9.59 Å². The first-order valence-corrected chi connectivity index (χ1v) is 10.7. The zero-order valence-electron chi connectivity index (χ0n) is 16.2. The van der Waals surface area contributed by atoms with Gasteiger partial charge in [0.2, 0.25) is 0 Å². The summed E-state index contributed by atoms with van der Waals surface area (Å²) in [6, 6.07) is 15.7. The van der Waals surface area contributed by atoms with Gasteiger partial charge in [0.1, 0.15) is 0 Å². The Kier molecular flexibility index (Phi) is 5.94. The van der Waals surface area contributed by atoms with E-state index in [1.807, 2.05) is 55.5 Å². The highest BCUT2D eigenvalue weighted by Crippen LogP contribution is 2.32. The number of thioether (sulfide) groups is 1. The number of hydrogen-bond acceptors (Lipinski definition) is 5. The maximum absolute atomic E-state index is 12.7. The summed E-state index contributed by atoms with van der Waals surface area (Å²) in [6.07, 6.45) is 1.79. The van der Waals surface area contributed by atoms with Gasteiger partial charge in [-0.25, -0.2) is 0 Å². The van der Waals surface area contributed by atoms with E-state index in [9.17, 15) is 9.59 Å². The molecule has 0 N–H and O–H groups in total. The zero-order chi connectivity index (χ0) is 20.4. The van der Waals surface area contributed by atoms with Gasteiger partial charge in [-0.15, -0.1) is 0 Å². The quantitative estimate of drug-likeness (QED) is 0.674. The first-order valence-electron chi connectivity index (χ1n) is 9.54. The first-order chi connectivity index (χ1) is 14.0. The predicted molar refractivity (Wildman–Crippen MR) is 119 cm³/mol. The summed E-state index contributed by atoms with van der Waals surface area (Å²) < 4.78 is 0. The molecule has 2 aromatic rings. The summed E-state index contributed by atoms with van der Waals surface area (Å²) in [5, 5.41) is 0.522. The number of imide groups is 1. The number of aryl methyl sites for hydroxylation is 1. The number of halogens is 1. The molecule has 2 heterocycles. The van der Waals surface area contributed by atoms with Crippen LogP contribution in [-0.4, -0.2) is 53.8 Å². The molecule has 0 saturated carbocycles. The molecule has 2 saturated heterocycles. The Labute approximate surface area is 179 Å². The van der Waals surface area contributed by atoms with Crippen molar-refractivity contribution in [1.29, 1.82) is 0 Å². The fourth-order valence-corrected chi connectivity index (χ4v) is 4.47. The van der Waals surface area contributed by atoms with Gasteiger partial charge in [0.15, 0.2) is 0 Å². The first kappa shape index (κ1) is 20.0. The largest absolute Gasteiger partial charge is 0.369 e. The molecular formula is C22H22ClN3O2S. The van der Waals surface area contributed by atoms with Gasteiger partial charge in [-0.05, 0) is 48.5 Å². The van der Waals surface area contributed by atoms with E-state index in [0.29, 0.717) is 11.6 Å². The summed E-state index contributed by atoms with van der Waals surface area (Å²) in [5.74, 6) is -0.210. The van der Waals surface area contributed by atoms with Crippen molar-refractivity contribution in [2.75, 3.05) is 37.7 Å². The Morgan fingerprint density at radius 2 is 1.76 bits per heavy atom. The Morgan fingerprint density at radius 3 is 2.45 bits per heavy atom. The summed E-state index contributed by atoms with van der Waals surface area (Å²) in [5.41, 5.74) is 3.19. The molecule has 7 heteroatoms. The number of anilines is 1. The van der Waals surface area contributed by atoms with Crippen LogP contribution in [0.4, 0.5) is 10.5 Å². The van der Waals surface area contributed by atoms with Crippen molar-refractivity contribution >= 4 is 46.3 Å². The fraction of sp³-hybridized carbons (Fsp3) is 0.273. The molecule has 150 valence electrons. The van der Waals surface area contributed by atoms with Gasteiger partial charge in [0, 0.05) is 36.9 Å². The number of carbonyl (C=O) groups excluding carboxylic acids is 2. The van der Waals surface area contributed by atoms with Crippen LogP contribution in [0.15, 0.2) is 53.4 Å². The van der Waals surface area contributed by atoms with Crippen molar-refractivity contribution in [3.05, 3.63) is 69.6 Å². The van der Waals surface area contributed by atoms with Gasteiger partial charge in [-0.3, -0.25) is 19.4 Å². The van der Waals surface area contributed by atoms with Gasteiger partial charge in [0.05, 0.1) is 11.6 Å². The number of amides is 2. The van der Waals surface area contributed by atoms with E-state index in [4.69, 9.17) is 11.6 Å². The summed E-state index contributed by atoms with van der Waals surface area (Å²) in [4.78, 5) is 31.4. The van der Waals surface area contributed by atoms with E-state index in [-0.39, 0.29) is 11.1 Å². The van der Waals surface area contributed by atoms with Gasteiger partial charge < -0.3 is 4.90 Å². The molecule has 0 aliphatic carbocycles. The Balaban J connectivity index is 1.37. The van der Waals surface area contributed by atoms with Gasteiger partial charge in [-0.1, -0.05) is 47.5 Å². The van der Waals surface area contributed by atoms with Crippen LogP contribution in [0.2, 0.25) is 5.02 Å². The third-order valence-electron chi connectivity index (χ3n) is 5.14. The van der Waals surface area contributed by atoms with Gasteiger partial charge in [0.25, 0.3) is 11.1 Å². The van der Waals surface area contributed by atoms with Crippen LogP contribution >= 0.6 is 23.4 Å². The maximum atomic E-state index is 12.7. The fourth-order valence-electron chi connectivity index (χ4n) is 3.46. The zero-order valence-corrected chi connectivity index (χ0v) is 17.7. The lowest BCUT2D eigenvalue weighted by molar-refractivity contribution is -0.124. The average Bonchev–Trinajstić information content (AvgIpc) is 2.98. The number of carbonyl (C=O) groups is 2. The number of piperazine rings is 1. The van der Waals surface area contributed by atoms with Crippen LogP contribution in [0.3, 0.4) is 0 Å². The molecule has 0 atom stereocenters. The minimum Gasteiger partial charge on any atom is -0.369 e. The lowest BCUT2D eigenvalue weighted by Gasteiger charge is -2.37. The number of nitrogens with zero attached hydrogens (tertiary/aromatic N) is 3. The summed E-state index contributed by atoms with van der Waals surface area (Å²) in [7, 11) is 0. The number of rotatable bonds is 4. The highest BCUT2D eigenvalue weighted by molar-refractivity contribution is 8.18. The summed E-state index contributed by atoms with van der Waals surface area (Å²) in [6.45, 7) is 5.57. The minimum absolute atomic E-state index is 0.203. The average molecular weight is 428 g/mol. The molecule has 0 bridgehead atoms. The van der Waals surface area contributed by atoms with Crippen LogP contribution in [0.5, 0.6) is 0 Å². The van der Waals surface area contributed by atoms with E-state index >= 15 is 0 Å². The Morgan fingerprint density at radius 1 is 1.03 bits per heavy atom. The second-order valence-corrected chi connectivity index (χ2v) is 8.68. The van der Waals surface area contributed by atoms with Crippen LogP contribution in [-0.2, 0) is 4.79 Å². The van der Waals surface area contributed by atoms with E-state index in [0.717, 1.165) is 59.8 Å². The lowest BCUT2D eigenvalue weighted by atomic mass is 10.1. The van der Waals surface area contributed by atoms with Crippen LogP contribution in [0.25, 0.3) is 6.08 Å². The SMILES string of the molecule is Cc1ccc(/C=C2/SC(=O)N(CN3CCN(c4cccc(Cl)c4)CC3)C2=O)cc1. The molecule has 0 aromatic heterocycles. The molecule has 0 radical (unpaired) electrons. The second-order valence-electron chi connectivity index (χ2n) is 7.25. The molecule has 2 fully saturated rings. The van der Waals surface area contributed by atoms with E-state index in [2.05, 4.69) is 9.80 Å². The normalized spacial score (nSPS) is 19.4. The predicted octanol–water partition coefficient (Wildman–Crippen LogP) is 4.46. The molecule has 2 aliphatic heterocycles. The van der Waals surface area contributed by atoms with E-state index < -0.39 is 0 Å². The van der Waals surface area contributed by atoms with Crippen LogP contribution in [0, 0.1) is 6.92 Å². The topological polar surface area (TPSA) is 43.9 Å². The molecule has 4 rings (SSSR count). The molecule has 2 aromatic carbocycles. The highest BCUT2D eigenvalue weighted by Gasteiger charge is 2.36. The van der Waals surface area contributed by atoms with Crippen molar-refractivity contribution in [2.45, 2.75) is 6.92 Å². The molecule has 0 unspecified atom stereocenters. The smallest absolute Gasteiger partial charge is 0.294 e. The van der Waals surface area contributed by atoms with Gasteiger partial charge >= 0.3 is 0 Å². The summed E-state index contributed by atoms with van der Waals surface area (Å²) >= 11 is 7.11. The Hall–Kier alpha value is -2.28. The minimum atomic E-state index is -0.210. The third kappa shape index (κ3) is 4.66. The molecular weight excluding hydrogens is 406 g/mol. The molecule has 5 nitrogen and oxygen atoms in total. The van der Waals surface area contributed by atoms with Crippen LogP contribution < -0.4 is 4.90 Å². The lowest BCUT2D eigenvalue weighted by Crippen LogP contribution is -2.50. The molecule has 0 spiro atoms. The van der Waals surface area contributed by atoms with Crippen molar-refractivity contribution in [2.24, 2.45) is 0 Å². The molecule has 2 aliphatic rings. The highest BCUT2D eigenvalue weighted by atomic mass is 35.5. The standard InChI is InChI=1S/C22H22ClN3O2S/c1-16-5-7-17(8-6-16)13-20-21(27)26(22(28)29-20)15-24-9-11-25(12-10-24)19-4-2-3-18(23)14-19/h2-8,13-14H,9-12,15H2,1H3/b20-13+. The van der Waals surface area contributed by atoms with Crippen molar-refractivity contribution in [1.82, 2.24) is 9.80 Å². The van der Waals surface area contributed by atoms with E-state index in [1.165, 1.54) is 4.90 Å². The van der Waals surface area contributed by atoms with Crippen LogP contribution in [0.1, 0.15) is 11.1 Å². The monoisotopic (exact) mass is 427 g/mol. The molecule has 2 amide bonds. The van der Waals surface area contributed by atoms with Crippen molar-refractivity contribution in [3.63, 3.8) is 0 Å².